The van der Waals surface area contributed by atoms with Gasteiger partial charge in [0.2, 0.25) is 6.79 Å². The summed E-state index contributed by atoms with van der Waals surface area (Å²) in [7, 11) is 0. The molecule has 1 N–H and O–H groups in total. The molecule has 19 heavy (non-hydrogen) atoms. The second kappa shape index (κ2) is 5.36. The van der Waals surface area contributed by atoms with Gasteiger partial charge in [-0.15, -0.1) is 0 Å². The van der Waals surface area contributed by atoms with E-state index in [1.165, 1.54) is 5.56 Å². The maximum Gasteiger partial charge on any atom is 0.231 e. The molecule has 2 aromatic rings. The van der Waals surface area contributed by atoms with E-state index in [2.05, 4.69) is 41.3 Å². The fraction of sp³-hybridized carbons (Fsp3) is 0.333. The zero-order chi connectivity index (χ0) is 13.1. The molecule has 1 aliphatic heterocycles. The molecule has 0 amide bonds. The van der Waals surface area contributed by atoms with E-state index < -0.39 is 0 Å². The Bertz CT molecular complexity index is 563. The van der Waals surface area contributed by atoms with Crippen molar-refractivity contribution in [2.45, 2.75) is 26.6 Å². The van der Waals surface area contributed by atoms with Gasteiger partial charge in [0.1, 0.15) is 0 Å². The summed E-state index contributed by atoms with van der Waals surface area (Å²) in [5.41, 5.74) is 2.44. The molecule has 4 nitrogen and oxygen atoms in total. The molecule has 3 rings (SSSR count). The van der Waals surface area contributed by atoms with E-state index >= 15 is 0 Å². The van der Waals surface area contributed by atoms with E-state index in [1.807, 2.05) is 12.1 Å². The Morgan fingerprint density at radius 2 is 2.16 bits per heavy atom. The molecule has 0 spiro atoms. The third kappa shape index (κ3) is 2.58. The first-order valence-electron chi connectivity index (χ1n) is 6.59. The van der Waals surface area contributed by atoms with Crippen molar-refractivity contribution in [3.05, 3.63) is 47.8 Å². The van der Waals surface area contributed by atoms with Crippen molar-refractivity contribution in [2.75, 3.05) is 6.79 Å². The number of hydrogen-bond donors (Lipinski definition) is 1. The minimum Gasteiger partial charge on any atom is -0.454 e. The van der Waals surface area contributed by atoms with Crippen molar-refractivity contribution < 1.29 is 9.47 Å². The number of hydrogen-bond acceptors (Lipinski definition) is 3. The van der Waals surface area contributed by atoms with E-state index in [0.717, 1.165) is 36.7 Å². The van der Waals surface area contributed by atoms with Crippen LogP contribution < -0.4 is 14.8 Å². The van der Waals surface area contributed by atoms with Crippen LogP contribution in [0.1, 0.15) is 18.1 Å². The molecule has 0 bridgehead atoms. The van der Waals surface area contributed by atoms with Crippen molar-refractivity contribution >= 4 is 0 Å². The average Bonchev–Trinajstić information content (AvgIpc) is 3.07. The standard InChI is InChI=1S/C15H18N2O2/c1-2-17-7-6-12(10-17)8-16-9-13-4-3-5-14-15(13)19-11-18-14/h3-7,10,16H,2,8-9,11H2,1H3. The number of benzene rings is 1. The van der Waals surface area contributed by atoms with Gasteiger partial charge in [-0.05, 0) is 24.6 Å². The van der Waals surface area contributed by atoms with Crippen molar-refractivity contribution in [3.63, 3.8) is 0 Å². The number of nitrogens with zero attached hydrogens (tertiary/aromatic N) is 1. The van der Waals surface area contributed by atoms with Crippen LogP contribution in [0.3, 0.4) is 0 Å². The highest BCUT2D eigenvalue weighted by molar-refractivity contribution is 5.48. The summed E-state index contributed by atoms with van der Waals surface area (Å²) >= 11 is 0. The van der Waals surface area contributed by atoms with Crippen LogP contribution >= 0.6 is 0 Å². The van der Waals surface area contributed by atoms with Gasteiger partial charge in [-0.2, -0.15) is 0 Å². The normalized spacial score (nSPS) is 12.9. The molecule has 0 radical (unpaired) electrons. The lowest BCUT2D eigenvalue weighted by Crippen LogP contribution is -2.12. The Balaban J connectivity index is 1.59. The van der Waals surface area contributed by atoms with Gasteiger partial charge in [-0.25, -0.2) is 0 Å². The summed E-state index contributed by atoms with van der Waals surface area (Å²) in [6, 6.07) is 8.15. The molecular weight excluding hydrogens is 240 g/mol. The van der Waals surface area contributed by atoms with Crippen LogP contribution in [-0.2, 0) is 19.6 Å². The Hall–Kier alpha value is -1.94. The molecule has 4 heteroatoms. The fourth-order valence-electron chi connectivity index (χ4n) is 2.26. The van der Waals surface area contributed by atoms with Gasteiger partial charge in [-0.1, -0.05) is 12.1 Å². The maximum absolute atomic E-state index is 5.49. The van der Waals surface area contributed by atoms with Crippen LogP contribution in [0.4, 0.5) is 0 Å². The first-order valence-corrected chi connectivity index (χ1v) is 6.59. The maximum atomic E-state index is 5.49. The molecule has 0 atom stereocenters. The van der Waals surface area contributed by atoms with Crippen molar-refractivity contribution in [3.8, 4) is 11.5 Å². The zero-order valence-electron chi connectivity index (χ0n) is 11.1. The summed E-state index contributed by atoms with van der Waals surface area (Å²) < 4.78 is 13.0. The van der Waals surface area contributed by atoms with E-state index in [0.29, 0.717) is 6.79 Å². The SMILES string of the molecule is CCn1ccc(CNCc2cccc3c2OCO3)c1. The fourth-order valence-corrected chi connectivity index (χ4v) is 2.26. The highest BCUT2D eigenvalue weighted by Gasteiger charge is 2.16. The summed E-state index contributed by atoms with van der Waals surface area (Å²) in [6.07, 6.45) is 4.27. The van der Waals surface area contributed by atoms with Gasteiger partial charge in [0.15, 0.2) is 11.5 Å². The topological polar surface area (TPSA) is 35.4 Å². The second-order valence-electron chi connectivity index (χ2n) is 4.60. The zero-order valence-corrected chi connectivity index (χ0v) is 11.1. The molecule has 0 fully saturated rings. The van der Waals surface area contributed by atoms with Gasteiger partial charge in [0, 0.05) is 37.6 Å². The predicted molar refractivity (Wildman–Crippen MR) is 73.2 cm³/mol. The van der Waals surface area contributed by atoms with E-state index in [9.17, 15) is 0 Å². The van der Waals surface area contributed by atoms with Gasteiger partial charge in [0.25, 0.3) is 0 Å². The first kappa shape index (κ1) is 12.1. The van der Waals surface area contributed by atoms with Crippen molar-refractivity contribution in [1.82, 2.24) is 9.88 Å². The number of rotatable bonds is 5. The van der Waals surface area contributed by atoms with Crippen LogP contribution in [0.2, 0.25) is 0 Å². The van der Waals surface area contributed by atoms with Gasteiger partial charge in [-0.3, -0.25) is 0 Å². The Morgan fingerprint density at radius 1 is 1.21 bits per heavy atom. The molecule has 0 saturated carbocycles. The van der Waals surface area contributed by atoms with Gasteiger partial charge in [0.05, 0.1) is 0 Å². The number of para-hydroxylation sites is 1. The highest BCUT2D eigenvalue weighted by Crippen LogP contribution is 2.35. The lowest BCUT2D eigenvalue weighted by Gasteiger charge is -2.07. The Morgan fingerprint density at radius 3 is 3.00 bits per heavy atom. The molecule has 1 aromatic heterocycles. The summed E-state index contributed by atoms with van der Waals surface area (Å²) in [4.78, 5) is 0. The Kier molecular flexibility index (Phi) is 3.42. The lowest BCUT2D eigenvalue weighted by molar-refractivity contribution is 0.173. The monoisotopic (exact) mass is 258 g/mol. The number of ether oxygens (including phenoxy) is 2. The molecule has 2 heterocycles. The number of nitrogens with one attached hydrogen (secondary N) is 1. The first-order chi connectivity index (χ1) is 9.36. The lowest BCUT2D eigenvalue weighted by atomic mass is 10.2. The summed E-state index contributed by atoms with van der Waals surface area (Å²) in [5.74, 6) is 1.72. The van der Waals surface area contributed by atoms with E-state index in [1.54, 1.807) is 0 Å². The molecular formula is C15H18N2O2. The molecule has 100 valence electrons. The molecule has 1 aliphatic rings. The highest BCUT2D eigenvalue weighted by atomic mass is 16.7. The van der Waals surface area contributed by atoms with Crippen LogP contribution in [-0.4, -0.2) is 11.4 Å². The summed E-state index contributed by atoms with van der Waals surface area (Å²) in [6.45, 7) is 5.12. The quantitative estimate of drug-likeness (QED) is 0.895. The molecule has 1 aromatic carbocycles. The van der Waals surface area contributed by atoms with Crippen LogP contribution in [0, 0.1) is 0 Å². The van der Waals surface area contributed by atoms with E-state index in [4.69, 9.17) is 9.47 Å². The largest absolute Gasteiger partial charge is 0.454 e. The Labute approximate surface area is 113 Å². The van der Waals surface area contributed by atoms with Crippen LogP contribution in [0.25, 0.3) is 0 Å². The summed E-state index contributed by atoms with van der Waals surface area (Å²) in [5, 5.41) is 3.44. The second-order valence-corrected chi connectivity index (χ2v) is 4.60. The van der Waals surface area contributed by atoms with Crippen LogP contribution in [0.5, 0.6) is 11.5 Å². The minimum atomic E-state index is 0.325. The minimum absolute atomic E-state index is 0.325. The molecule has 0 aliphatic carbocycles. The van der Waals surface area contributed by atoms with Crippen molar-refractivity contribution in [1.29, 1.82) is 0 Å². The number of aromatic nitrogens is 1. The van der Waals surface area contributed by atoms with Crippen LogP contribution in [0.15, 0.2) is 36.7 Å². The number of fused-ring (bicyclic) bond motifs is 1. The number of aryl methyl sites for hydroxylation is 1. The third-order valence-electron chi connectivity index (χ3n) is 3.30. The average molecular weight is 258 g/mol. The smallest absolute Gasteiger partial charge is 0.231 e. The van der Waals surface area contributed by atoms with Gasteiger partial charge >= 0.3 is 0 Å². The van der Waals surface area contributed by atoms with E-state index in [-0.39, 0.29) is 0 Å². The predicted octanol–water partition coefficient (Wildman–Crippen LogP) is 2.53. The van der Waals surface area contributed by atoms with Gasteiger partial charge < -0.3 is 19.4 Å². The molecule has 0 saturated heterocycles. The third-order valence-corrected chi connectivity index (χ3v) is 3.30. The van der Waals surface area contributed by atoms with Crippen molar-refractivity contribution in [2.24, 2.45) is 0 Å². The molecule has 0 unspecified atom stereocenters.